The van der Waals surface area contributed by atoms with E-state index >= 15 is 0 Å². The van der Waals surface area contributed by atoms with E-state index in [-0.39, 0.29) is 17.7 Å². The first-order valence-corrected chi connectivity index (χ1v) is 8.20. The predicted molar refractivity (Wildman–Crippen MR) is 91.9 cm³/mol. The molecule has 2 N–H and O–H groups in total. The molecular formula is C17H19ClN4O2. The van der Waals surface area contributed by atoms with Crippen LogP contribution in [0.25, 0.3) is 0 Å². The Hall–Kier alpha value is -2.34. The van der Waals surface area contributed by atoms with Crippen molar-refractivity contribution in [2.24, 2.45) is 13.0 Å². The molecule has 0 radical (unpaired) electrons. The Bertz CT molecular complexity index is 796. The van der Waals surface area contributed by atoms with Gasteiger partial charge in [0.15, 0.2) is 0 Å². The van der Waals surface area contributed by atoms with Crippen molar-refractivity contribution in [2.75, 3.05) is 5.32 Å². The van der Waals surface area contributed by atoms with Gasteiger partial charge in [0, 0.05) is 25.2 Å². The van der Waals surface area contributed by atoms with Crippen molar-refractivity contribution in [1.82, 2.24) is 15.1 Å². The number of hydrogen-bond donors (Lipinski definition) is 2. The second-order valence-corrected chi connectivity index (χ2v) is 6.38. The van der Waals surface area contributed by atoms with Gasteiger partial charge in [0.1, 0.15) is 5.15 Å². The summed E-state index contributed by atoms with van der Waals surface area (Å²) in [4.78, 5) is 24.1. The van der Waals surface area contributed by atoms with E-state index < -0.39 is 0 Å². The van der Waals surface area contributed by atoms with E-state index in [0.717, 1.165) is 24.1 Å². The summed E-state index contributed by atoms with van der Waals surface area (Å²) in [5, 5.41) is 10.2. The van der Waals surface area contributed by atoms with Crippen molar-refractivity contribution in [3.8, 4) is 0 Å². The number of benzene rings is 1. The largest absolute Gasteiger partial charge is 0.348 e. The summed E-state index contributed by atoms with van der Waals surface area (Å²) in [7, 11) is 1.69. The zero-order valence-electron chi connectivity index (χ0n) is 13.6. The summed E-state index contributed by atoms with van der Waals surface area (Å²) >= 11 is 6.10. The van der Waals surface area contributed by atoms with Crippen molar-refractivity contribution in [3.05, 3.63) is 46.2 Å². The molecule has 1 aliphatic rings. The first kappa shape index (κ1) is 16.5. The molecule has 7 heteroatoms. The Morgan fingerprint density at radius 1 is 1.38 bits per heavy atom. The normalized spacial score (nSPS) is 13.6. The van der Waals surface area contributed by atoms with Crippen LogP contribution in [-0.4, -0.2) is 21.6 Å². The van der Waals surface area contributed by atoms with Crippen LogP contribution in [0.15, 0.2) is 24.3 Å². The number of aromatic nitrogens is 2. The molecule has 126 valence electrons. The second kappa shape index (κ2) is 6.65. The van der Waals surface area contributed by atoms with E-state index in [1.54, 1.807) is 14.0 Å². The molecule has 2 aromatic rings. The molecule has 0 unspecified atom stereocenters. The van der Waals surface area contributed by atoms with E-state index in [1.165, 1.54) is 4.68 Å². The minimum absolute atomic E-state index is 0.0638. The monoisotopic (exact) mass is 346 g/mol. The maximum Gasteiger partial charge on any atom is 0.256 e. The average molecular weight is 347 g/mol. The van der Waals surface area contributed by atoms with E-state index in [2.05, 4.69) is 15.7 Å². The number of anilines is 1. The van der Waals surface area contributed by atoms with Gasteiger partial charge in [0.25, 0.3) is 5.91 Å². The number of halogens is 1. The van der Waals surface area contributed by atoms with Crippen molar-refractivity contribution in [2.45, 2.75) is 26.3 Å². The molecule has 0 spiro atoms. The van der Waals surface area contributed by atoms with Gasteiger partial charge in [-0.1, -0.05) is 23.7 Å². The molecule has 0 atom stereocenters. The van der Waals surface area contributed by atoms with Crippen molar-refractivity contribution < 1.29 is 9.59 Å². The van der Waals surface area contributed by atoms with Crippen molar-refractivity contribution in [1.29, 1.82) is 0 Å². The lowest BCUT2D eigenvalue weighted by atomic mass is 10.2. The van der Waals surface area contributed by atoms with Crippen LogP contribution >= 0.6 is 11.6 Å². The Morgan fingerprint density at radius 3 is 2.75 bits per heavy atom. The third-order valence-corrected chi connectivity index (χ3v) is 4.41. The van der Waals surface area contributed by atoms with E-state index in [0.29, 0.717) is 23.0 Å². The van der Waals surface area contributed by atoms with Crippen LogP contribution in [-0.2, 0) is 18.4 Å². The van der Waals surface area contributed by atoms with Crippen LogP contribution < -0.4 is 10.6 Å². The number of amides is 2. The molecule has 1 aromatic heterocycles. The predicted octanol–water partition coefficient (Wildman–Crippen LogP) is 2.66. The number of aryl methyl sites for hydroxylation is 2. The van der Waals surface area contributed by atoms with Gasteiger partial charge in [0.2, 0.25) is 5.91 Å². The summed E-state index contributed by atoms with van der Waals surface area (Å²) in [6, 6.07) is 7.45. The minimum atomic E-state index is -0.266. The molecule has 2 amide bonds. The molecule has 1 fully saturated rings. The van der Waals surface area contributed by atoms with Crippen LogP contribution in [0.2, 0.25) is 5.15 Å². The molecule has 1 saturated carbocycles. The second-order valence-electron chi connectivity index (χ2n) is 6.02. The highest BCUT2D eigenvalue weighted by molar-refractivity contribution is 6.33. The summed E-state index contributed by atoms with van der Waals surface area (Å²) in [5.41, 5.74) is 2.62. The lowest BCUT2D eigenvalue weighted by molar-refractivity contribution is -0.117. The molecule has 3 rings (SSSR count). The Balaban J connectivity index is 1.63. The van der Waals surface area contributed by atoms with Gasteiger partial charge >= 0.3 is 0 Å². The van der Waals surface area contributed by atoms with Gasteiger partial charge in [-0.05, 0) is 37.5 Å². The van der Waals surface area contributed by atoms with E-state index in [4.69, 9.17) is 11.6 Å². The molecule has 0 aliphatic heterocycles. The summed E-state index contributed by atoms with van der Waals surface area (Å²) in [6.45, 7) is 2.09. The Labute approximate surface area is 145 Å². The molecule has 0 saturated heterocycles. The Morgan fingerprint density at radius 2 is 2.12 bits per heavy atom. The van der Waals surface area contributed by atoms with Crippen LogP contribution in [0.1, 0.15) is 34.5 Å². The number of hydrogen-bond acceptors (Lipinski definition) is 3. The summed E-state index contributed by atoms with van der Waals surface area (Å²) < 4.78 is 1.47. The smallest absolute Gasteiger partial charge is 0.256 e. The number of nitrogens with zero attached hydrogens (tertiary/aromatic N) is 2. The zero-order chi connectivity index (χ0) is 17.3. The van der Waals surface area contributed by atoms with Crippen LogP contribution in [0, 0.1) is 12.8 Å². The van der Waals surface area contributed by atoms with Crippen LogP contribution in [0.3, 0.4) is 0 Å². The SMILES string of the molecule is Cc1nn(C)c(Cl)c1C(=O)NCc1cccc(NC(=O)C2CC2)c1. The van der Waals surface area contributed by atoms with Crippen LogP contribution in [0.4, 0.5) is 5.69 Å². The fraction of sp³-hybridized carbons (Fsp3) is 0.353. The zero-order valence-corrected chi connectivity index (χ0v) is 14.4. The molecule has 0 bridgehead atoms. The molecule has 1 aliphatic carbocycles. The Kier molecular flexibility index (Phi) is 4.57. The highest BCUT2D eigenvalue weighted by atomic mass is 35.5. The minimum Gasteiger partial charge on any atom is -0.348 e. The number of carbonyl (C=O) groups excluding carboxylic acids is 2. The third kappa shape index (κ3) is 3.59. The highest BCUT2D eigenvalue weighted by Gasteiger charge is 2.29. The molecule has 6 nitrogen and oxygen atoms in total. The van der Waals surface area contributed by atoms with E-state index in [1.807, 2.05) is 24.3 Å². The molecule has 1 aromatic carbocycles. The van der Waals surface area contributed by atoms with Crippen LogP contribution in [0.5, 0.6) is 0 Å². The highest BCUT2D eigenvalue weighted by Crippen LogP contribution is 2.30. The molecule has 24 heavy (non-hydrogen) atoms. The maximum atomic E-state index is 12.3. The van der Waals surface area contributed by atoms with Crippen molar-refractivity contribution in [3.63, 3.8) is 0 Å². The first-order valence-electron chi connectivity index (χ1n) is 7.83. The fourth-order valence-corrected chi connectivity index (χ4v) is 2.77. The van der Waals surface area contributed by atoms with Gasteiger partial charge in [-0.15, -0.1) is 0 Å². The van der Waals surface area contributed by atoms with Gasteiger partial charge in [-0.2, -0.15) is 5.10 Å². The quantitative estimate of drug-likeness (QED) is 0.873. The summed E-state index contributed by atoms with van der Waals surface area (Å²) in [6.07, 6.45) is 1.93. The fourth-order valence-electron chi connectivity index (χ4n) is 2.51. The summed E-state index contributed by atoms with van der Waals surface area (Å²) in [5.74, 6) is -0.0453. The maximum absolute atomic E-state index is 12.3. The number of rotatable bonds is 5. The van der Waals surface area contributed by atoms with Crippen molar-refractivity contribution >= 4 is 29.1 Å². The third-order valence-electron chi connectivity index (χ3n) is 3.98. The number of nitrogens with one attached hydrogen (secondary N) is 2. The topological polar surface area (TPSA) is 76.0 Å². The number of carbonyl (C=O) groups is 2. The van der Waals surface area contributed by atoms with E-state index in [9.17, 15) is 9.59 Å². The first-order chi connectivity index (χ1) is 11.5. The van der Waals surface area contributed by atoms with Gasteiger partial charge in [0.05, 0.1) is 11.3 Å². The van der Waals surface area contributed by atoms with Gasteiger partial charge < -0.3 is 10.6 Å². The van der Waals surface area contributed by atoms with Gasteiger partial charge in [-0.25, -0.2) is 0 Å². The lowest BCUT2D eigenvalue weighted by Gasteiger charge is -2.08. The molecular weight excluding hydrogens is 328 g/mol. The standard InChI is InChI=1S/C17H19ClN4O2/c1-10-14(15(18)22(2)21-10)17(24)19-9-11-4-3-5-13(8-11)20-16(23)12-6-7-12/h3-5,8,12H,6-7,9H2,1-2H3,(H,19,24)(H,20,23). The lowest BCUT2D eigenvalue weighted by Crippen LogP contribution is -2.23. The average Bonchev–Trinajstić information content (AvgIpc) is 3.34. The van der Waals surface area contributed by atoms with Gasteiger partial charge in [-0.3, -0.25) is 14.3 Å². The molecule has 1 heterocycles.